The molecule has 0 radical (unpaired) electrons. The summed E-state index contributed by atoms with van der Waals surface area (Å²) in [6.45, 7) is 5.84. The van der Waals surface area contributed by atoms with Crippen molar-refractivity contribution in [3.63, 3.8) is 0 Å². The number of benzene rings is 1. The Morgan fingerprint density at radius 1 is 1.21 bits per heavy atom. The number of pyridine rings is 1. The average molecular weight is 393 g/mol. The van der Waals surface area contributed by atoms with E-state index in [1.807, 2.05) is 6.92 Å². The third-order valence-electron chi connectivity index (χ3n) is 4.85. The quantitative estimate of drug-likeness (QED) is 0.713. The van der Waals surface area contributed by atoms with Gasteiger partial charge in [-0.25, -0.2) is 23.7 Å². The number of fused-ring (bicyclic) bond motifs is 1. The fourth-order valence-electron chi connectivity index (χ4n) is 3.42. The lowest BCUT2D eigenvalue weighted by Gasteiger charge is -2.38. The molecule has 0 saturated carbocycles. The number of carbonyl (C=O) groups is 1. The molecule has 0 fully saturated rings. The molecule has 2 N–H and O–H groups in total. The number of anilines is 1. The molecule has 146 valence electrons. The molecule has 6 nitrogen and oxygen atoms in total. The van der Waals surface area contributed by atoms with Crippen LogP contribution in [-0.2, 0) is 12.0 Å². The lowest BCUT2D eigenvalue weighted by Crippen LogP contribution is -2.44. The van der Waals surface area contributed by atoms with Crippen LogP contribution in [0.15, 0.2) is 55.6 Å². The molecule has 4 rings (SSSR count). The number of amides is 1. The number of hydrogen-bond acceptors (Lipinski definition) is 5. The van der Waals surface area contributed by atoms with E-state index in [1.165, 1.54) is 24.5 Å². The first-order chi connectivity index (χ1) is 13.9. The van der Waals surface area contributed by atoms with Crippen LogP contribution in [0, 0.1) is 11.6 Å². The van der Waals surface area contributed by atoms with Gasteiger partial charge in [0.05, 0.1) is 17.4 Å². The van der Waals surface area contributed by atoms with E-state index < -0.39 is 23.1 Å². The van der Waals surface area contributed by atoms with Gasteiger partial charge in [0.25, 0.3) is 5.91 Å². The highest BCUT2D eigenvalue weighted by molar-refractivity contribution is 6.02. The van der Waals surface area contributed by atoms with E-state index in [4.69, 9.17) is 0 Å². The highest BCUT2D eigenvalue weighted by atomic mass is 19.1. The first-order valence-electron chi connectivity index (χ1n) is 8.85. The van der Waals surface area contributed by atoms with E-state index in [9.17, 15) is 13.6 Å². The van der Waals surface area contributed by atoms with Crippen molar-refractivity contribution < 1.29 is 13.6 Å². The Balaban J connectivity index is 1.64. The molecule has 0 bridgehead atoms. The predicted octanol–water partition coefficient (Wildman–Crippen LogP) is 3.43. The van der Waals surface area contributed by atoms with Crippen LogP contribution in [0.4, 0.5) is 14.5 Å². The summed E-state index contributed by atoms with van der Waals surface area (Å²) < 4.78 is 27.7. The van der Waals surface area contributed by atoms with Gasteiger partial charge >= 0.3 is 0 Å². The summed E-state index contributed by atoms with van der Waals surface area (Å²) in [6, 6.07) is 6.73. The minimum Gasteiger partial charge on any atom is -0.375 e. The second-order valence-corrected chi connectivity index (χ2v) is 7.01. The Hall–Kier alpha value is -3.68. The third-order valence-corrected chi connectivity index (χ3v) is 4.85. The van der Waals surface area contributed by atoms with Crippen molar-refractivity contribution in [3.05, 3.63) is 89.8 Å². The lowest BCUT2D eigenvalue weighted by atomic mass is 9.82. The van der Waals surface area contributed by atoms with Gasteiger partial charge in [0, 0.05) is 35.1 Å². The summed E-state index contributed by atoms with van der Waals surface area (Å²) in [5, 5.41) is 5.91. The summed E-state index contributed by atoms with van der Waals surface area (Å²) in [5.74, 6) is -1.48. The van der Waals surface area contributed by atoms with Gasteiger partial charge in [-0.05, 0) is 37.3 Å². The summed E-state index contributed by atoms with van der Waals surface area (Å²) in [4.78, 5) is 24.4. The SMILES string of the molecule is C=C1N[C@](C)(c2cc(NC(=O)c3ccc(F)cn3)ccc2F)Cc2ncncc21. The van der Waals surface area contributed by atoms with Gasteiger partial charge in [-0.1, -0.05) is 6.58 Å². The van der Waals surface area contributed by atoms with Crippen LogP contribution < -0.4 is 10.6 Å². The maximum absolute atomic E-state index is 14.7. The summed E-state index contributed by atoms with van der Waals surface area (Å²) in [5.41, 5.74) is 2.12. The molecular formula is C21H17F2N5O. The van der Waals surface area contributed by atoms with E-state index in [1.54, 1.807) is 12.3 Å². The van der Waals surface area contributed by atoms with Gasteiger partial charge in [0.2, 0.25) is 0 Å². The molecule has 1 aliphatic heterocycles. The van der Waals surface area contributed by atoms with Crippen molar-refractivity contribution in [3.8, 4) is 0 Å². The van der Waals surface area contributed by atoms with E-state index in [-0.39, 0.29) is 5.69 Å². The third kappa shape index (κ3) is 3.56. The van der Waals surface area contributed by atoms with Gasteiger partial charge in [0.1, 0.15) is 23.7 Å². The largest absolute Gasteiger partial charge is 0.375 e. The van der Waals surface area contributed by atoms with Crippen LogP contribution in [-0.4, -0.2) is 20.9 Å². The summed E-state index contributed by atoms with van der Waals surface area (Å²) in [7, 11) is 0. The number of nitrogens with zero attached hydrogens (tertiary/aromatic N) is 3. The number of halogens is 2. The van der Waals surface area contributed by atoms with Gasteiger partial charge in [-0.2, -0.15) is 0 Å². The smallest absolute Gasteiger partial charge is 0.274 e. The van der Waals surface area contributed by atoms with E-state index >= 15 is 0 Å². The molecule has 8 heteroatoms. The zero-order valence-corrected chi connectivity index (χ0v) is 15.5. The second kappa shape index (κ2) is 7.05. The Morgan fingerprint density at radius 2 is 2.03 bits per heavy atom. The minimum absolute atomic E-state index is 0.0540. The van der Waals surface area contributed by atoms with Crippen LogP contribution in [0.25, 0.3) is 5.70 Å². The fourth-order valence-corrected chi connectivity index (χ4v) is 3.42. The van der Waals surface area contributed by atoms with Crippen LogP contribution in [0.5, 0.6) is 0 Å². The Bertz CT molecular complexity index is 1120. The molecule has 0 unspecified atom stereocenters. The van der Waals surface area contributed by atoms with Gasteiger partial charge in [0.15, 0.2) is 0 Å². The second-order valence-electron chi connectivity index (χ2n) is 7.01. The van der Waals surface area contributed by atoms with E-state index in [2.05, 4.69) is 32.2 Å². The van der Waals surface area contributed by atoms with Gasteiger partial charge < -0.3 is 10.6 Å². The maximum atomic E-state index is 14.7. The van der Waals surface area contributed by atoms with E-state index in [0.717, 1.165) is 23.5 Å². The van der Waals surface area contributed by atoms with Gasteiger partial charge in [-0.15, -0.1) is 0 Å². The first kappa shape index (κ1) is 18.7. The standard InChI is InChI=1S/C21H17F2N5O/c1-12-15-10-24-11-26-19(15)8-21(2,28-12)16-7-14(4-5-17(16)23)27-20(29)18-6-3-13(22)9-25-18/h3-7,9-11,28H,1,8H2,2H3,(H,27,29)/t21-/m0/s1. The minimum atomic E-state index is -0.822. The van der Waals surface area contributed by atoms with Crippen molar-refractivity contribution >= 4 is 17.3 Å². The van der Waals surface area contributed by atoms with Crippen molar-refractivity contribution in [2.24, 2.45) is 0 Å². The zero-order chi connectivity index (χ0) is 20.6. The number of carbonyl (C=O) groups excluding carboxylic acids is 1. The Morgan fingerprint density at radius 3 is 2.79 bits per heavy atom. The highest BCUT2D eigenvalue weighted by Gasteiger charge is 2.36. The highest BCUT2D eigenvalue weighted by Crippen LogP contribution is 2.36. The van der Waals surface area contributed by atoms with Crippen molar-refractivity contribution in [2.75, 3.05) is 5.32 Å². The Kier molecular flexibility index (Phi) is 4.54. The summed E-state index contributed by atoms with van der Waals surface area (Å²) in [6.07, 6.45) is 4.49. The number of nitrogens with one attached hydrogen (secondary N) is 2. The van der Waals surface area contributed by atoms with Crippen LogP contribution in [0.1, 0.15) is 34.2 Å². The molecule has 3 heterocycles. The monoisotopic (exact) mass is 393 g/mol. The lowest BCUT2D eigenvalue weighted by molar-refractivity contribution is 0.102. The summed E-state index contributed by atoms with van der Waals surface area (Å²) >= 11 is 0. The number of rotatable bonds is 3. The first-order valence-corrected chi connectivity index (χ1v) is 8.85. The fraction of sp³-hybridized carbons (Fsp3) is 0.143. The topological polar surface area (TPSA) is 79.8 Å². The molecule has 0 aliphatic carbocycles. The zero-order valence-electron chi connectivity index (χ0n) is 15.5. The molecule has 1 aliphatic rings. The van der Waals surface area contributed by atoms with Crippen molar-refractivity contribution in [1.82, 2.24) is 20.3 Å². The van der Waals surface area contributed by atoms with Crippen LogP contribution >= 0.6 is 0 Å². The molecule has 1 atom stereocenters. The van der Waals surface area contributed by atoms with Crippen molar-refractivity contribution in [2.45, 2.75) is 18.9 Å². The molecule has 1 amide bonds. The molecule has 0 saturated heterocycles. The molecular weight excluding hydrogens is 376 g/mol. The molecule has 1 aromatic carbocycles. The Labute approximate surface area is 165 Å². The average Bonchev–Trinajstić information content (AvgIpc) is 2.69. The van der Waals surface area contributed by atoms with Gasteiger partial charge in [-0.3, -0.25) is 4.79 Å². The normalized spacial score (nSPS) is 18.0. The number of hydrogen-bond donors (Lipinski definition) is 2. The molecule has 2 aromatic heterocycles. The predicted molar refractivity (Wildman–Crippen MR) is 104 cm³/mol. The molecule has 0 spiro atoms. The maximum Gasteiger partial charge on any atom is 0.274 e. The van der Waals surface area contributed by atoms with E-state index in [0.29, 0.717) is 23.4 Å². The van der Waals surface area contributed by atoms with Crippen LogP contribution in [0.3, 0.4) is 0 Å². The molecule has 3 aromatic rings. The van der Waals surface area contributed by atoms with Crippen molar-refractivity contribution in [1.29, 1.82) is 0 Å². The molecule has 29 heavy (non-hydrogen) atoms. The van der Waals surface area contributed by atoms with Crippen LogP contribution in [0.2, 0.25) is 0 Å². The number of aromatic nitrogens is 3.